The normalized spacial score (nSPS) is 15.7. The highest BCUT2D eigenvalue weighted by molar-refractivity contribution is 9.10. The van der Waals surface area contributed by atoms with E-state index in [1.165, 1.54) is 11.6 Å². The lowest BCUT2D eigenvalue weighted by atomic mass is 10.0. The third-order valence-electron chi connectivity index (χ3n) is 6.08. The quantitative estimate of drug-likeness (QED) is 0.306. The van der Waals surface area contributed by atoms with Gasteiger partial charge in [0.05, 0.1) is 6.04 Å². The summed E-state index contributed by atoms with van der Waals surface area (Å²) >= 11 is 3.36. The monoisotopic (exact) mass is 582 g/mol. The molecule has 0 unspecified atom stereocenters. The average Bonchev–Trinajstić information content (AvgIpc) is 3.20. The Balaban J connectivity index is 1.64. The van der Waals surface area contributed by atoms with Crippen molar-refractivity contribution in [2.45, 2.75) is 58.6 Å². The number of benzene rings is 1. The summed E-state index contributed by atoms with van der Waals surface area (Å²) in [6, 6.07) is 9.76. The summed E-state index contributed by atoms with van der Waals surface area (Å²) < 4.78 is 7.70. The Hall–Kier alpha value is -3.73. The summed E-state index contributed by atoms with van der Waals surface area (Å²) in [7, 11) is 0. The predicted molar refractivity (Wildman–Crippen MR) is 147 cm³/mol. The Bertz CT molecular complexity index is 1360. The minimum atomic E-state index is -0.645. The molecule has 3 aromatic rings. The van der Waals surface area contributed by atoms with Crippen LogP contribution >= 0.6 is 15.9 Å². The lowest BCUT2D eigenvalue weighted by Gasteiger charge is -2.36. The van der Waals surface area contributed by atoms with Gasteiger partial charge in [0.15, 0.2) is 11.6 Å². The maximum atomic E-state index is 13.0. The molecule has 0 aliphatic carbocycles. The molecule has 38 heavy (non-hydrogen) atoms. The zero-order chi connectivity index (χ0) is 27.6. The van der Waals surface area contributed by atoms with Crippen molar-refractivity contribution in [1.82, 2.24) is 19.5 Å². The molecule has 2 aromatic heterocycles. The van der Waals surface area contributed by atoms with Crippen molar-refractivity contribution in [2.24, 2.45) is 0 Å². The van der Waals surface area contributed by atoms with Crippen LogP contribution in [0.1, 0.15) is 79.7 Å². The van der Waals surface area contributed by atoms with Crippen LogP contribution in [0.3, 0.4) is 0 Å². The van der Waals surface area contributed by atoms with Crippen LogP contribution in [-0.4, -0.2) is 49.5 Å². The highest BCUT2D eigenvalue weighted by Gasteiger charge is 2.36. The van der Waals surface area contributed by atoms with E-state index in [9.17, 15) is 14.4 Å². The van der Waals surface area contributed by atoms with Gasteiger partial charge in [-0.25, -0.2) is 19.4 Å². The van der Waals surface area contributed by atoms with Gasteiger partial charge in [-0.05, 0) is 64.3 Å². The maximum absolute atomic E-state index is 13.0. The van der Waals surface area contributed by atoms with E-state index in [0.717, 1.165) is 17.3 Å². The second-order valence-corrected chi connectivity index (χ2v) is 11.1. The topological polar surface area (TPSA) is 132 Å². The van der Waals surface area contributed by atoms with Crippen molar-refractivity contribution >= 4 is 39.5 Å². The molecule has 0 saturated carbocycles. The number of anilines is 1. The molecule has 10 nitrogen and oxygen atoms in total. The molecule has 1 atom stereocenters. The van der Waals surface area contributed by atoms with E-state index in [-0.39, 0.29) is 17.4 Å². The molecule has 11 heteroatoms. The predicted octanol–water partition coefficient (Wildman–Crippen LogP) is 5.34. The number of nitrogens with two attached hydrogens (primary N) is 1. The Kier molecular flexibility index (Phi) is 7.86. The van der Waals surface area contributed by atoms with Gasteiger partial charge < -0.3 is 15.9 Å². The number of nitrogen functional groups attached to an aromatic ring is 1. The molecule has 3 N–H and O–H groups in total. The number of amides is 2. The lowest BCUT2D eigenvalue weighted by molar-refractivity contribution is 0.00821. The first-order chi connectivity index (χ1) is 17.9. The fourth-order valence-electron chi connectivity index (χ4n) is 4.40. The van der Waals surface area contributed by atoms with Crippen molar-refractivity contribution in [3.8, 4) is 11.3 Å². The minimum absolute atomic E-state index is 0.227. The van der Waals surface area contributed by atoms with Crippen molar-refractivity contribution in [2.75, 3.05) is 17.7 Å². The number of halogens is 1. The first-order valence-electron chi connectivity index (χ1n) is 12.4. The molecule has 1 saturated heterocycles. The number of nitrogens with one attached hydrogen (secondary N) is 1. The van der Waals surface area contributed by atoms with Crippen LogP contribution in [0.25, 0.3) is 11.3 Å². The van der Waals surface area contributed by atoms with Crippen LogP contribution in [0.4, 0.5) is 10.6 Å². The first kappa shape index (κ1) is 27.3. The van der Waals surface area contributed by atoms with Crippen LogP contribution in [0.5, 0.6) is 0 Å². The van der Waals surface area contributed by atoms with Gasteiger partial charge in [0.1, 0.15) is 22.8 Å². The number of nitrogens with zero attached hydrogens (tertiary/aromatic N) is 4. The van der Waals surface area contributed by atoms with Gasteiger partial charge in [-0.1, -0.05) is 28.1 Å². The van der Waals surface area contributed by atoms with Gasteiger partial charge in [0, 0.05) is 35.3 Å². The summed E-state index contributed by atoms with van der Waals surface area (Å²) in [6.07, 6.45) is 3.52. The number of aromatic nitrogens is 3. The largest absolute Gasteiger partial charge is 0.444 e. The average molecular weight is 583 g/mol. The fraction of sp³-hybridized carbons (Fsp3) is 0.370. The van der Waals surface area contributed by atoms with E-state index in [4.69, 9.17) is 15.6 Å². The van der Waals surface area contributed by atoms with Crippen molar-refractivity contribution in [3.63, 3.8) is 0 Å². The molecule has 0 bridgehead atoms. The highest BCUT2D eigenvalue weighted by atomic mass is 79.9. The van der Waals surface area contributed by atoms with E-state index < -0.39 is 17.7 Å². The summed E-state index contributed by atoms with van der Waals surface area (Å²) in [5.41, 5.74) is 1.01. The molecule has 1 aliphatic heterocycles. The van der Waals surface area contributed by atoms with E-state index >= 15 is 0 Å². The number of ether oxygens (including phenoxy) is 1. The molecular formula is C27H31BrN6O4. The highest BCUT2D eigenvalue weighted by Crippen LogP contribution is 2.34. The zero-order valence-corrected chi connectivity index (χ0v) is 23.4. The molecule has 0 radical (unpaired) electrons. The number of Topliss-reactive ketones (excluding diaryl/α,β-unsaturated/α-hetero) is 1. The van der Waals surface area contributed by atoms with E-state index in [1.807, 2.05) is 20.8 Å². The molecule has 0 spiro atoms. The Morgan fingerprint density at radius 3 is 2.47 bits per heavy atom. The standard InChI is InChI=1S/C27H31BrN6O4/c1-16(35)23-22(17-8-10-18(11-9-17)25(36)31-21-15-19(28)12-13-30-21)32-24(34(23)29)20-7-5-6-14-33(20)26(37)38-27(2,3)4/h8-13,15,20H,5-7,14,29H2,1-4H3,(H,30,31,36)/t20-/m0/s1. The number of likely N-dealkylation sites (tertiary alicyclic amines) is 1. The number of pyridine rings is 1. The van der Waals surface area contributed by atoms with Crippen LogP contribution in [0.2, 0.25) is 0 Å². The van der Waals surface area contributed by atoms with Gasteiger partial charge in [0.2, 0.25) is 0 Å². The van der Waals surface area contributed by atoms with E-state index in [2.05, 4.69) is 26.2 Å². The number of imidazole rings is 1. The van der Waals surface area contributed by atoms with Gasteiger partial charge in [0.25, 0.3) is 5.91 Å². The summed E-state index contributed by atoms with van der Waals surface area (Å²) in [6.45, 7) is 7.39. The molecule has 1 aliphatic rings. The third-order valence-corrected chi connectivity index (χ3v) is 6.58. The van der Waals surface area contributed by atoms with Gasteiger partial charge >= 0.3 is 6.09 Å². The SMILES string of the molecule is CC(=O)c1c(-c2ccc(C(=O)Nc3cc(Br)ccn3)cc2)nc([C@@H]2CCCCN2C(=O)OC(C)(C)C)n1N. The first-order valence-corrected chi connectivity index (χ1v) is 13.2. The number of hydrogen-bond donors (Lipinski definition) is 2. The molecule has 2 amide bonds. The second kappa shape index (κ2) is 10.9. The number of rotatable bonds is 5. The summed E-state index contributed by atoms with van der Waals surface area (Å²) in [4.78, 5) is 48.8. The Morgan fingerprint density at radius 2 is 1.84 bits per heavy atom. The smallest absolute Gasteiger partial charge is 0.410 e. The molecule has 200 valence electrons. The molecular weight excluding hydrogens is 552 g/mol. The molecule has 1 aromatic carbocycles. The van der Waals surface area contributed by atoms with Gasteiger partial charge in [-0.2, -0.15) is 0 Å². The van der Waals surface area contributed by atoms with Gasteiger partial charge in [-0.3, -0.25) is 14.5 Å². The fourth-order valence-corrected chi connectivity index (χ4v) is 4.74. The molecule has 3 heterocycles. The minimum Gasteiger partial charge on any atom is -0.444 e. The number of hydrogen-bond acceptors (Lipinski definition) is 7. The van der Waals surface area contributed by atoms with Crippen molar-refractivity contribution in [3.05, 3.63) is 64.1 Å². The van der Waals surface area contributed by atoms with Gasteiger partial charge in [-0.15, -0.1) is 0 Å². The Labute approximate surface area is 229 Å². The third kappa shape index (κ3) is 6.04. The number of carbonyl (C=O) groups is 3. The van der Waals surface area contributed by atoms with Crippen molar-refractivity contribution < 1.29 is 19.1 Å². The molecule has 4 rings (SSSR count). The number of piperidine rings is 1. The van der Waals surface area contributed by atoms with Crippen LogP contribution < -0.4 is 11.2 Å². The van der Waals surface area contributed by atoms with Crippen LogP contribution in [0, 0.1) is 0 Å². The summed E-state index contributed by atoms with van der Waals surface area (Å²) in [5, 5.41) is 2.75. The second-order valence-electron chi connectivity index (χ2n) is 10.2. The maximum Gasteiger partial charge on any atom is 0.410 e. The summed E-state index contributed by atoms with van der Waals surface area (Å²) in [5.74, 6) is 6.67. The zero-order valence-electron chi connectivity index (χ0n) is 21.8. The number of carbonyl (C=O) groups excluding carboxylic acids is 3. The lowest BCUT2D eigenvalue weighted by Crippen LogP contribution is -2.43. The van der Waals surface area contributed by atoms with E-state index in [0.29, 0.717) is 41.4 Å². The Morgan fingerprint density at radius 1 is 1.13 bits per heavy atom. The van der Waals surface area contributed by atoms with E-state index in [1.54, 1.807) is 47.5 Å². The number of ketones is 1. The van der Waals surface area contributed by atoms with Crippen LogP contribution in [0.15, 0.2) is 47.1 Å². The molecule has 1 fully saturated rings. The van der Waals surface area contributed by atoms with Crippen molar-refractivity contribution in [1.29, 1.82) is 0 Å². The van der Waals surface area contributed by atoms with Crippen LogP contribution in [-0.2, 0) is 4.74 Å².